The first-order chi connectivity index (χ1) is 11.0. The third-order valence-electron chi connectivity index (χ3n) is 4.16. The lowest BCUT2D eigenvalue weighted by molar-refractivity contribution is 0.0974. The Morgan fingerprint density at radius 2 is 2.04 bits per heavy atom. The van der Waals surface area contributed by atoms with Crippen molar-refractivity contribution in [2.24, 2.45) is 5.92 Å². The van der Waals surface area contributed by atoms with Crippen LogP contribution in [0.4, 0.5) is 5.69 Å². The summed E-state index contributed by atoms with van der Waals surface area (Å²) in [5.41, 5.74) is 3.28. The number of amides is 1. The molecule has 120 valence electrons. The van der Waals surface area contributed by atoms with E-state index < -0.39 is 0 Å². The van der Waals surface area contributed by atoms with Crippen molar-refractivity contribution in [1.29, 1.82) is 0 Å². The number of nitrogens with one attached hydrogen (secondary N) is 1. The molecule has 1 aliphatic carbocycles. The van der Waals surface area contributed by atoms with E-state index in [0.29, 0.717) is 28.5 Å². The van der Waals surface area contributed by atoms with Crippen molar-refractivity contribution in [3.05, 3.63) is 49.6 Å². The maximum absolute atomic E-state index is 12.5. The molecule has 1 amide bonds. The predicted octanol–water partition coefficient (Wildman–Crippen LogP) is 5.36. The zero-order valence-corrected chi connectivity index (χ0v) is 15.5. The summed E-state index contributed by atoms with van der Waals surface area (Å²) in [6, 6.07) is 5.55. The highest BCUT2D eigenvalue weighted by atomic mass is 79.9. The van der Waals surface area contributed by atoms with Gasteiger partial charge in [0.05, 0.1) is 4.88 Å². The van der Waals surface area contributed by atoms with Crippen LogP contribution in [0.25, 0.3) is 0 Å². The van der Waals surface area contributed by atoms with Gasteiger partial charge in [-0.15, -0.1) is 11.3 Å². The van der Waals surface area contributed by atoms with Crippen LogP contribution in [0.3, 0.4) is 0 Å². The Hall–Kier alpha value is -1.46. The monoisotopic (exact) mass is 391 g/mol. The molecule has 3 rings (SSSR count). The van der Waals surface area contributed by atoms with Gasteiger partial charge in [-0.2, -0.15) is 0 Å². The summed E-state index contributed by atoms with van der Waals surface area (Å²) in [5.74, 6) is 0.596. The largest absolute Gasteiger partial charge is 0.321 e. The van der Waals surface area contributed by atoms with Gasteiger partial charge in [-0.05, 0) is 65.7 Å². The number of ketones is 1. The fraction of sp³-hybridized carbons (Fsp3) is 0.333. The summed E-state index contributed by atoms with van der Waals surface area (Å²) < 4.78 is 0.942. The van der Waals surface area contributed by atoms with Crippen molar-refractivity contribution in [2.45, 2.75) is 33.1 Å². The minimum atomic E-state index is -0.131. The Balaban J connectivity index is 1.80. The third-order valence-corrected chi connectivity index (χ3v) is 6.37. The number of aryl methyl sites for hydroxylation is 1. The standard InChI is InChI=1S/C18H18BrNO2S/c1-10-3-6-13(16(21)7-12-4-5-12)8-15(10)20-18(22)17-11(2)14(19)9-23-17/h3,6,8-9,12H,4-5,7H2,1-2H3,(H,20,22). The first kappa shape index (κ1) is 16.4. The van der Waals surface area contributed by atoms with Gasteiger partial charge in [0.1, 0.15) is 0 Å². The van der Waals surface area contributed by atoms with Crippen molar-refractivity contribution in [1.82, 2.24) is 0 Å². The van der Waals surface area contributed by atoms with E-state index in [9.17, 15) is 9.59 Å². The van der Waals surface area contributed by atoms with Crippen LogP contribution in [0.15, 0.2) is 28.1 Å². The van der Waals surface area contributed by atoms with Crippen molar-refractivity contribution >= 4 is 44.6 Å². The summed E-state index contributed by atoms with van der Waals surface area (Å²) in [6.07, 6.45) is 2.94. The Kier molecular flexibility index (Phi) is 4.69. The molecular weight excluding hydrogens is 374 g/mol. The highest BCUT2D eigenvalue weighted by molar-refractivity contribution is 9.10. The van der Waals surface area contributed by atoms with Crippen molar-refractivity contribution in [3.63, 3.8) is 0 Å². The fourth-order valence-electron chi connectivity index (χ4n) is 2.43. The predicted molar refractivity (Wildman–Crippen MR) is 97.6 cm³/mol. The Labute approximate surface area is 148 Å². The van der Waals surface area contributed by atoms with E-state index in [2.05, 4.69) is 21.2 Å². The van der Waals surface area contributed by atoms with Gasteiger partial charge in [-0.1, -0.05) is 12.1 Å². The molecule has 0 atom stereocenters. The van der Waals surface area contributed by atoms with Crippen molar-refractivity contribution < 1.29 is 9.59 Å². The molecule has 1 fully saturated rings. The zero-order chi connectivity index (χ0) is 16.6. The van der Waals surface area contributed by atoms with Crippen LogP contribution in [0.2, 0.25) is 0 Å². The van der Waals surface area contributed by atoms with Gasteiger partial charge in [0, 0.05) is 27.5 Å². The van der Waals surface area contributed by atoms with E-state index in [1.54, 1.807) is 6.07 Å². The molecule has 5 heteroatoms. The smallest absolute Gasteiger partial charge is 0.266 e. The van der Waals surface area contributed by atoms with E-state index in [-0.39, 0.29) is 11.7 Å². The number of carbonyl (C=O) groups excluding carboxylic acids is 2. The number of hydrogen-bond donors (Lipinski definition) is 1. The number of halogens is 1. The summed E-state index contributed by atoms with van der Waals surface area (Å²) in [4.78, 5) is 25.4. The van der Waals surface area contributed by atoms with E-state index in [0.717, 1.165) is 28.4 Å². The minimum absolute atomic E-state index is 0.131. The first-order valence-corrected chi connectivity index (χ1v) is 9.31. The molecule has 0 spiro atoms. The fourth-order valence-corrected chi connectivity index (χ4v) is 3.88. The molecule has 1 aliphatic rings. The summed E-state index contributed by atoms with van der Waals surface area (Å²) in [5, 5.41) is 4.85. The molecule has 0 aliphatic heterocycles. The summed E-state index contributed by atoms with van der Waals surface area (Å²) >= 11 is 4.84. The maximum atomic E-state index is 12.5. The number of thiophene rings is 1. The third kappa shape index (κ3) is 3.72. The first-order valence-electron chi connectivity index (χ1n) is 7.64. The minimum Gasteiger partial charge on any atom is -0.321 e. The SMILES string of the molecule is Cc1ccc(C(=O)CC2CC2)cc1NC(=O)c1scc(Br)c1C. The maximum Gasteiger partial charge on any atom is 0.266 e. The average molecular weight is 392 g/mol. The van der Waals surface area contributed by atoms with Crippen LogP contribution in [0.5, 0.6) is 0 Å². The Bertz CT molecular complexity index is 777. The average Bonchev–Trinajstić information content (AvgIpc) is 3.26. The molecule has 0 radical (unpaired) electrons. The van der Waals surface area contributed by atoms with Crippen LogP contribution in [-0.2, 0) is 0 Å². The molecule has 2 aromatic rings. The van der Waals surface area contributed by atoms with Crippen molar-refractivity contribution in [3.8, 4) is 0 Å². The normalized spacial score (nSPS) is 13.9. The van der Waals surface area contributed by atoms with Crippen LogP contribution >= 0.6 is 27.3 Å². The van der Waals surface area contributed by atoms with Gasteiger partial charge >= 0.3 is 0 Å². The zero-order valence-electron chi connectivity index (χ0n) is 13.1. The van der Waals surface area contributed by atoms with Gasteiger partial charge in [0.25, 0.3) is 5.91 Å². The highest BCUT2D eigenvalue weighted by Crippen LogP contribution is 2.34. The van der Waals surface area contributed by atoms with E-state index in [4.69, 9.17) is 0 Å². The highest BCUT2D eigenvalue weighted by Gasteiger charge is 2.25. The number of Topliss-reactive ketones (excluding diaryl/α,β-unsaturated/α-hetero) is 1. The number of carbonyl (C=O) groups is 2. The lowest BCUT2D eigenvalue weighted by Crippen LogP contribution is -2.13. The topological polar surface area (TPSA) is 46.2 Å². The Morgan fingerprint density at radius 3 is 2.65 bits per heavy atom. The van der Waals surface area contributed by atoms with Crippen molar-refractivity contribution in [2.75, 3.05) is 5.32 Å². The van der Waals surface area contributed by atoms with Crippen LogP contribution in [-0.4, -0.2) is 11.7 Å². The second kappa shape index (κ2) is 6.57. The van der Waals surface area contributed by atoms with Gasteiger partial charge in [-0.3, -0.25) is 9.59 Å². The van der Waals surface area contributed by atoms with E-state index >= 15 is 0 Å². The van der Waals surface area contributed by atoms with Gasteiger partial charge in [0.15, 0.2) is 5.78 Å². The van der Waals surface area contributed by atoms with Crippen LogP contribution in [0.1, 0.15) is 50.4 Å². The Morgan fingerprint density at radius 1 is 1.30 bits per heavy atom. The van der Waals surface area contributed by atoms with Crippen LogP contribution in [0, 0.1) is 19.8 Å². The number of benzene rings is 1. The summed E-state index contributed by atoms with van der Waals surface area (Å²) in [6.45, 7) is 3.85. The molecule has 1 aromatic carbocycles. The molecule has 0 unspecified atom stereocenters. The molecule has 1 saturated carbocycles. The number of hydrogen-bond acceptors (Lipinski definition) is 3. The molecular formula is C18H18BrNO2S. The lowest BCUT2D eigenvalue weighted by atomic mass is 10.0. The van der Waals surface area contributed by atoms with Gasteiger partial charge < -0.3 is 5.32 Å². The van der Waals surface area contributed by atoms with E-state index in [1.807, 2.05) is 31.4 Å². The quantitative estimate of drug-likeness (QED) is 0.696. The van der Waals surface area contributed by atoms with E-state index in [1.165, 1.54) is 11.3 Å². The number of rotatable bonds is 5. The van der Waals surface area contributed by atoms with Crippen LogP contribution < -0.4 is 5.32 Å². The number of anilines is 1. The van der Waals surface area contributed by atoms with Gasteiger partial charge in [-0.25, -0.2) is 0 Å². The van der Waals surface area contributed by atoms with Gasteiger partial charge in [0.2, 0.25) is 0 Å². The molecule has 1 heterocycles. The second-order valence-electron chi connectivity index (χ2n) is 6.09. The molecule has 1 N–H and O–H groups in total. The molecule has 0 bridgehead atoms. The summed E-state index contributed by atoms with van der Waals surface area (Å²) in [7, 11) is 0. The lowest BCUT2D eigenvalue weighted by Gasteiger charge is -2.10. The molecule has 1 aromatic heterocycles. The second-order valence-corrected chi connectivity index (χ2v) is 7.83. The molecule has 23 heavy (non-hydrogen) atoms. The molecule has 0 saturated heterocycles. The molecule has 3 nitrogen and oxygen atoms in total.